The zero-order valence-electron chi connectivity index (χ0n) is 12.0. The van der Waals surface area contributed by atoms with Gasteiger partial charge < -0.3 is 5.32 Å². The van der Waals surface area contributed by atoms with Gasteiger partial charge in [-0.25, -0.2) is 17.2 Å². The number of carbonyl (C=O) groups excluding carboxylic acids is 1. The Labute approximate surface area is 132 Å². The van der Waals surface area contributed by atoms with Gasteiger partial charge in [0.1, 0.15) is 0 Å². The minimum absolute atomic E-state index is 0.0469. The topological polar surface area (TPSA) is 63.2 Å². The first-order valence-corrected chi connectivity index (χ1v) is 9.70. The van der Waals surface area contributed by atoms with Crippen LogP contribution in [0, 0.1) is 11.6 Å². The number of hydrogen-bond donors (Lipinski definition) is 1. The van der Waals surface area contributed by atoms with E-state index in [0.29, 0.717) is 12.0 Å². The molecule has 0 bridgehead atoms. The molecular weight excluding hydrogens is 332 g/mol. The summed E-state index contributed by atoms with van der Waals surface area (Å²) in [6.45, 7) is 1.68. The van der Waals surface area contributed by atoms with Crippen molar-refractivity contribution in [1.82, 2.24) is 5.32 Å². The summed E-state index contributed by atoms with van der Waals surface area (Å²) in [5.74, 6) is -1.70. The Morgan fingerprint density at radius 3 is 2.73 bits per heavy atom. The Bertz CT molecular complexity index is 664. The number of carbonyl (C=O) groups is 1. The third-order valence-corrected chi connectivity index (χ3v) is 6.74. The van der Waals surface area contributed by atoms with Gasteiger partial charge in [-0.2, -0.15) is 0 Å². The monoisotopic (exact) mass is 349 g/mol. The van der Waals surface area contributed by atoms with Crippen LogP contribution in [0.4, 0.5) is 8.78 Å². The molecule has 1 heterocycles. The predicted octanol–water partition coefficient (Wildman–Crippen LogP) is 2.06. The Hall–Kier alpha value is -1.15. The van der Waals surface area contributed by atoms with E-state index in [1.165, 1.54) is 17.8 Å². The Balaban J connectivity index is 1.82. The second-order valence-electron chi connectivity index (χ2n) is 5.30. The molecule has 1 aromatic carbocycles. The van der Waals surface area contributed by atoms with E-state index < -0.39 is 27.5 Å². The molecule has 1 aliphatic heterocycles. The molecular formula is C14H17F2NO3S2. The normalized spacial score (nSPS) is 21.5. The van der Waals surface area contributed by atoms with Gasteiger partial charge in [0, 0.05) is 5.25 Å². The maximum Gasteiger partial charge on any atom is 0.230 e. The van der Waals surface area contributed by atoms with Crippen molar-refractivity contribution in [1.29, 1.82) is 0 Å². The summed E-state index contributed by atoms with van der Waals surface area (Å²) in [6, 6.07) is 3.04. The van der Waals surface area contributed by atoms with Crippen molar-refractivity contribution in [2.24, 2.45) is 0 Å². The van der Waals surface area contributed by atoms with Crippen LogP contribution in [-0.2, 0) is 14.6 Å². The minimum Gasteiger partial charge on any atom is -0.349 e. The summed E-state index contributed by atoms with van der Waals surface area (Å²) in [5.41, 5.74) is 0.473. The molecule has 1 aliphatic rings. The van der Waals surface area contributed by atoms with Crippen molar-refractivity contribution in [2.75, 3.05) is 17.3 Å². The van der Waals surface area contributed by atoms with E-state index in [9.17, 15) is 22.0 Å². The zero-order chi connectivity index (χ0) is 16.3. The average molecular weight is 349 g/mol. The maximum atomic E-state index is 13.2. The zero-order valence-corrected chi connectivity index (χ0v) is 13.6. The maximum absolute atomic E-state index is 13.2. The van der Waals surface area contributed by atoms with Crippen LogP contribution >= 0.6 is 11.8 Å². The van der Waals surface area contributed by atoms with Crippen molar-refractivity contribution in [3.8, 4) is 0 Å². The van der Waals surface area contributed by atoms with E-state index in [1.54, 1.807) is 6.92 Å². The van der Waals surface area contributed by atoms with Crippen molar-refractivity contribution in [2.45, 2.75) is 24.6 Å². The van der Waals surface area contributed by atoms with Gasteiger partial charge in [-0.05, 0) is 31.0 Å². The summed E-state index contributed by atoms with van der Waals surface area (Å²) >= 11 is 1.31. The number of sulfone groups is 1. The average Bonchev–Trinajstić information content (AvgIpc) is 2.79. The Morgan fingerprint density at radius 2 is 2.14 bits per heavy atom. The largest absolute Gasteiger partial charge is 0.349 e. The van der Waals surface area contributed by atoms with Gasteiger partial charge in [-0.15, -0.1) is 11.8 Å². The fraction of sp³-hybridized carbons (Fsp3) is 0.500. The van der Waals surface area contributed by atoms with Crippen molar-refractivity contribution < 1.29 is 22.0 Å². The lowest BCUT2D eigenvalue weighted by Crippen LogP contribution is -2.29. The highest BCUT2D eigenvalue weighted by Gasteiger charge is 2.28. The molecule has 4 nitrogen and oxygen atoms in total. The van der Waals surface area contributed by atoms with E-state index in [-0.39, 0.29) is 28.4 Å². The molecule has 122 valence electrons. The Morgan fingerprint density at radius 1 is 1.41 bits per heavy atom. The molecule has 0 aromatic heterocycles. The van der Waals surface area contributed by atoms with Crippen molar-refractivity contribution in [3.63, 3.8) is 0 Å². The molecule has 2 atom stereocenters. The molecule has 1 aromatic rings. The number of rotatable bonds is 5. The standard InChI is InChI=1S/C14H17F2NO3S2/c1-9(10-2-3-12(15)13(16)6-10)17-14(18)7-21-11-4-5-22(19,20)8-11/h2-3,6,9,11H,4-5,7-8H2,1H3,(H,17,18). The number of hydrogen-bond acceptors (Lipinski definition) is 4. The first-order valence-electron chi connectivity index (χ1n) is 6.83. The SMILES string of the molecule is CC(NC(=O)CSC1CCS(=O)(=O)C1)c1ccc(F)c(F)c1. The molecule has 1 N–H and O–H groups in total. The van der Waals surface area contributed by atoms with Gasteiger partial charge in [0.05, 0.1) is 23.3 Å². The van der Waals surface area contributed by atoms with Crippen LogP contribution in [0.5, 0.6) is 0 Å². The van der Waals surface area contributed by atoms with Crippen molar-refractivity contribution >= 4 is 27.5 Å². The summed E-state index contributed by atoms with van der Waals surface area (Å²) in [7, 11) is -2.95. The summed E-state index contributed by atoms with van der Waals surface area (Å²) < 4.78 is 48.7. The number of halogens is 2. The fourth-order valence-electron chi connectivity index (χ4n) is 2.23. The van der Waals surface area contributed by atoms with Gasteiger partial charge in [-0.3, -0.25) is 4.79 Å². The van der Waals surface area contributed by atoms with Crippen LogP contribution < -0.4 is 5.32 Å². The quantitative estimate of drug-likeness (QED) is 0.884. The first-order chi connectivity index (χ1) is 10.3. The van der Waals surface area contributed by atoms with E-state index >= 15 is 0 Å². The lowest BCUT2D eigenvalue weighted by atomic mass is 10.1. The second-order valence-corrected chi connectivity index (χ2v) is 8.82. The van der Waals surface area contributed by atoms with Gasteiger partial charge in [0.2, 0.25) is 5.91 Å². The van der Waals surface area contributed by atoms with Crippen molar-refractivity contribution in [3.05, 3.63) is 35.4 Å². The molecule has 1 saturated heterocycles. The molecule has 2 rings (SSSR count). The molecule has 2 unspecified atom stereocenters. The third-order valence-electron chi connectivity index (χ3n) is 3.46. The molecule has 1 amide bonds. The molecule has 1 fully saturated rings. The fourth-order valence-corrected chi connectivity index (χ4v) is 5.69. The minimum atomic E-state index is -2.95. The van der Waals surface area contributed by atoms with Gasteiger partial charge in [0.25, 0.3) is 0 Å². The summed E-state index contributed by atoms with van der Waals surface area (Å²) in [5, 5.41) is 2.64. The van der Waals surface area contributed by atoms with E-state index in [2.05, 4.69) is 5.32 Å². The molecule has 22 heavy (non-hydrogen) atoms. The van der Waals surface area contributed by atoms with Crippen LogP contribution in [0.2, 0.25) is 0 Å². The van der Waals surface area contributed by atoms with E-state index in [1.807, 2.05) is 0 Å². The van der Waals surface area contributed by atoms with Gasteiger partial charge in [0.15, 0.2) is 21.5 Å². The van der Waals surface area contributed by atoms with Gasteiger partial charge in [-0.1, -0.05) is 6.07 Å². The lowest BCUT2D eigenvalue weighted by molar-refractivity contribution is -0.119. The molecule has 0 saturated carbocycles. The molecule has 8 heteroatoms. The smallest absolute Gasteiger partial charge is 0.230 e. The highest BCUT2D eigenvalue weighted by Crippen LogP contribution is 2.24. The highest BCUT2D eigenvalue weighted by atomic mass is 32.2. The number of nitrogens with one attached hydrogen (secondary N) is 1. The van der Waals surface area contributed by atoms with Crippen LogP contribution in [0.3, 0.4) is 0 Å². The van der Waals surface area contributed by atoms with Crippen LogP contribution in [0.15, 0.2) is 18.2 Å². The Kier molecular flexibility index (Phi) is 5.44. The lowest BCUT2D eigenvalue weighted by Gasteiger charge is -2.15. The number of thioether (sulfide) groups is 1. The van der Waals surface area contributed by atoms with Crippen LogP contribution in [0.25, 0.3) is 0 Å². The van der Waals surface area contributed by atoms with E-state index in [0.717, 1.165) is 12.1 Å². The van der Waals surface area contributed by atoms with Crippen LogP contribution in [-0.4, -0.2) is 36.8 Å². The number of benzene rings is 1. The predicted molar refractivity (Wildman–Crippen MR) is 82.4 cm³/mol. The van der Waals surface area contributed by atoms with E-state index in [4.69, 9.17) is 0 Å². The summed E-state index contributed by atoms with van der Waals surface area (Å²) in [6.07, 6.45) is 0.568. The highest BCUT2D eigenvalue weighted by molar-refractivity contribution is 8.02. The number of amides is 1. The van der Waals surface area contributed by atoms with Gasteiger partial charge >= 0.3 is 0 Å². The molecule has 0 radical (unpaired) electrons. The first kappa shape index (κ1) is 17.2. The molecule has 0 aliphatic carbocycles. The summed E-state index contributed by atoms with van der Waals surface area (Å²) in [4.78, 5) is 11.8. The third kappa shape index (κ3) is 4.67. The van der Waals surface area contributed by atoms with Crippen LogP contribution in [0.1, 0.15) is 24.9 Å². The molecule has 0 spiro atoms. The second kappa shape index (κ2) is 6.95.